The molecule has 1 N–H and O–H groups in total. The Bertz CT molecular complexity index is 1550. The number of fused-ring (bicyclic) bond motifs is 1. The molecule has 1 unspecified atom stereocenters. The van der Waals surface area contributed by atoms with Gasteiger partial charge in [-0.25, -0.2) is 19.4 Å². The van der Waals surface area contributed by atoms with E-state index < -0.39 is 25.4 Å². The Morgan fingerprint density at radius 1 is 1.16 bits per heavy atom. The van der Waals surface area contributed by atoms with Crippen molar-refractivity contribution in [1.29, 1.82) is 5.26 Å². The number of aromatic nitrogens is 4. The summed E-state index contributed by atoms with van der Waals surface area (Å²) in [5.41, 5.74) is 1.93. The van der Waals surface area contributed by atoms with E-state index in [0.29, 0.717) is 36.0 Å². The lowest BCUT2D eigenvalue weighted by atomic mass is 9.83. The zero-order valence-corrected chi connectivity index (χ0v) is 28.4. The van der Waals surface area contributed by atoms with E-state index in [1.165, 1.54) is 0 Å². The van der Waals surface area contributed by atoms with Gasteiger partial charge in [-0.2, -0.15) is 10.4 Å². The zero-order valence-electron chi connectivity index (χ0n) is 27.4. The molecule has 0 bridgehead atoms. The second-order valence-electron chi connectivity index (χ2n) is 14.4. The third-order valence-electron chi connectivity index (χ3n) is 8.18. The molecule has 4 rings (SSSR count). The van der Waals surface area contributed by atoms with Crippen molar-refractivity contribution in [2.75, 3.05) is 23.4 Å². The Kier molecular flexibility index (Phi) is 8.52. The molecule has 0 aliphatic carbocycles. The van der Waals surface area contributed by atoms with Gasteiger partial charge in [0.05, 0.1) is 23.1 Å². The van der Waals surface area contributed by atoms with Crippen LogP contribution in [-0.2, 0) is 14.6 Å². The summed E-state index contributed by atoms with van der Waals surface area (Å²) in [6, 6.07) is 10.00. The van der Waals surface area contributed by atoms with Crippen LogP contribution in [0.5, 0.6) is 0 Å². The maximum Gasteiger partial charge on any atom is 0.414 e. The molecule has 0 fully saturated rings. The third kappa shape index (κ3) is 6.76. The highest BCUT2D eigenvalue weighted by atomic mass is 28.4. The summed E-state index contributed by atoms with van der Waals surface area (Å²) in [6.45, 7) is 23.5. The highest BCUT2D eigenvalue weighted by Gasteiger charge is 2.47. The van der Waals surface area contributed by atoms with Crippen molar-refractivity contribution in [2.45, 2.75) is 97.5 Å². The Morgan fingerprint density at radius 2 is 1.86 bits per heavy atom. The van der Waals surface area contributed by atoms with Gasteiger partial charge >= 0.3 is 6.09 Å². The highest BCUT2D eigenvalue weighted by molar-refractivity contribution is 6.74. The van der Waals surface area contributed by atoms with Crippen LogP contribution < -0.4 is 10.2 Å². The molecule has 0 radical (unpaired) electrons. The Hall–Kier alpha value is -3.75. The summed E-state index contributed by atoms with van der Waals surface area (Å²) in [4.78, 5) is 24.3. The minimum Gasteiger partial charge on any atom is -0.443 e. The molecular formula is C32H45N7O3Si. The lowest BCUT2D eigenvalue weighted by molar-refractivity contribution is 0.0575. The van der Waals surface area contributed by atoms with Crippen molar-refractivity contribution in [3.63, 3.8) is 0 Å². The van der Waals surface area contributed by atoms with Gasteiger partial charge in [-0.3, -0.25) is 4.90 Å². The smallest absolute Gasteiger partial charge is 0.414 e. The highest BCUT2D eigenvalue weighted by Crippen LogP contribution is 2.47. The summed E-state index contributed by atoms with van der Waals surface area (Å²) >= 11 is 0. The van der Waals surface area contributed by atoms with Crippen molar-refractivity contribution in [3.8, 4) is 17.3 Å². The first kappa shape index (κ1) is 32.2. The van der Waals surface area contributed by atoms with E-state index in [0.717, 1.165) is 16.9 Å². The molecule has 1 atom stereocenters. The second kappa shape index (κ2) is 11.4. The lowest BCUT2D eigenvalue weighted by Gasteiger charge is -2.39. The molecule has 1 aromatic carbocycles. The van der Waals surface area contributed by atoms with Gasteiger partial charge in [0.2, 0.25) is 5.95 Å². The van der Waals surface area contributed by atoms with Crippen LogP contribution in [0.1, 0.15) is 79.5 Å². The first-order valence-corrected chi connectivity index (χ1v) is 17.6. The molecule has 3 heterocycles. The summed E-state index contributed by atoms with van der Waals surface area (Å²) in [7, 11) is -2.11. The summed E-state index contributed by atoms with van der Waals surface area (Å²) in [5.74, 6) is 1.19. The fourth-order valence-electron chi connectivity index (χ4n) is 4.80. The fourth-order valence-corrected chi connectivity index (χ4v) is 5.92. The maximum absolute atomic E-state index is 13.5. The van der Waals surface area contributed by atoms with Crippen LogP contribution in [0.25, 0.3) is 11.3 Å². The molecule has 3 aromatic rings. The minimum absolute atomic E-state index is 0.0185. The molecule has 2 aromatic heterocycles. The van der Waals surface area contributed by atoms with E-state index in [1.807, 2.05) is 43.7 Å². The van der Waals surface area contributed by atoms with E-state index in [4.69, 9.17) is 14.1 Å². The molecular weight excluding hydrogens is 558 g/mol. The normalized spacial score (nSPS) is 17.1. The number of ether oxygens (including phenoxy) is 1. The lowest BCUT2D eigenvalue weighted by Crippen LogP contribution is -2.46. The maximum atomic E-state index is 13.5. The number of nitriles is 1. The molecule has 0 spiro atoms. The zero-order chi connectivity index (χ0) is 32.0. The number of amides is 1. The molecule has 10 nitrogen and oxygen atoms in total. The number of nitrogens with one attached hydrogen (secondary N) is 1. The van der Waals surface area contributed by atoms with Crippen LogP contribution in [0.2, 0.25) is 18.1 Å². The van der Waals surface area contributed by atoms with Crippen LogP contribution in [0.4, 0.5) is 22.2 Å². The third-order valence-corrected chi connectivity index (χ3v) is 12.7. The van der Waals surface area contributed by atoms with Gasteiger partial charge in [0.25, 0.3) is 0 Å². The van der Waals surface area contributed by atoms with Crippen molar-refractivity contribution < 1.29 is 14.0 Å². The SMILES string of the molecule is CC(C)n1nccc1Nc1nccc(-c2cc(C#N)c3c(c2)C(C)(CO[Si](C)(C)C(C)(C)C)CN3C(=O)OC(C)(C)C)n1. The van der Waals surface area contributed by atoms with Gasteiger partial charge in [0.15, 0.2) is 8.32 Å². The molecule has 230 valence electrons. The molecule has 11 heteroatoms. The van der Waals surface area contributed by atoms with Gasteiger partial charge < -0.3 is 14.5 Å². The number of nitrogens with zero attached hydrogens (tertiary/aromatic N) is 6. The van der Waals surface area contributed by atoms with E-state index >= 15 is 0 Å². The Balaban J connectivity index is 1.79. The molecule has 0 saturated carbocycles. The quantitative estimate of drug-likeness (QED) is 0.275. The van der Waals surface area contributed by atoms with Crippen LogP contribution in [0.15, 0.2) is 36.7 Å². The molecule has 1 aliphatic heterocycles. The van der Waals surface area contributed by atoms with E-state index in [9.17, 15) is 10.1 Å². The van der Waals surface area contributed by atoms with Crippen LogP contribution in [0, 0.1) is 11.3 Å². The number of anilines is 3. The fraction of sp³-hybridized carbons (Fsp3) is 0.531. The standard InChI is InChI=1S/C32H45N7O3Si/c1-21(2)39-26(13-15-35-39)37-28-34-14-12-25(36-28)22-16-23(18-33)27-24(17-22)32(9,20-41-43(10,11)31(6,7)8)19-38(27)29(40)42-30(3,4)5/h12-17,21H,19-20H2,1-11H3,(H,34,36,37). The second-order valence-corrected chi connectivity index (χ2v) is 19.2. The van der Waals surface area contributed by atoms with Crippen molar-refractivity contribution in [3.05, 3.63) is 47.8 Å². The van der Waals surface area contributed by atoms with Gasteiger partial charge in [-0.05, 0) is 76.5 Å². The van der Waals surface area contributed by atoms with Crippen LogP contribution in [0.3, 0.4) is 0 Å². The van der Waals surface area contributed by atoms with Gasteiger partial charge in [-0.15, -0.1) is 0 Å². The van der Waals surface area contributed by atoms with E-state index in [1.54, 1.807) is 23.4 Å². The van der Waals surface area contributed by atoms with Crippen LogP contribution >= 0.6 is 0 Å². The van der Waals surface area contributed by atoms with E-state index in [2.05, 4.69) is 76.1 Å². The summed E-state index contributed by atoms with van der Waals surface area (Å²) in [6.07, 6.45) is 2.94. The Labute approximate surface area is 256 Å². The number of hydrogen-bond donors (Lipinski definition) is 1. The average Bonchev–Trinajstić information content (AvgIpc) is 3.48. The first-order chi connectivity index (χ1) is 19.8. The first-order valence-electron chi connectivity index (χ1n) is 14.7. The number of carbonyl (C=O) groups is 1. The predicted octanol–water partition coefficient (Wildman–Crippen LogP) is 7.57. The summed E-state index contributed by atoms with van der Waals surface area (Å²) < 4.78 is 14.4. The van der Waals surface area contributed by atoms with Gasteiger partial charge in [-0.1, -0.05) is 27.7 Å². The number of rotatable bonds is 7. The largest absolute Gasteiger partial charge is 0.443 e. The number of carbonyl (C=O) groups excluding carboxylic acids is 1. The minimum atomic E-state index is -2.11. The Morgan fingerprint density at radius 3 is 2.47 bits per heavy atom. The van der Waals surface area contributed by atoms with Crippen molar-refractivity contribution in [1.82, 2.24) is 19.7 Å². The van der Waals surface area contributed by atoms with Crippen molar-refractivity contribution >= 4 is 31.9 Å². The molecule has 0 saturated heterocycles. The van der Waals surface area contributed by atoms with Crippen LogP contribution in [-0.4, -0.2) is 52.9 Å². The van der Waals surface area contributed by atoms with Gasteiger partial charge in [0, 0.05) is 42.4 Å². The molecule has 1 amide bonds. The number of hydrogen-bond acceptors (Lipinski definition) is 8. The van der Waals surface area contributed by atoms with Crippen molar-refractivity contribution in [2.24, 2.45) is 0 Å². The monoisotopic (exact) mass is 603 g/mol. The van der Waals surface area contributed by atoms with E-state index in [-0.39, 0.29) is 11.1 Å². The summed E-state index contributed by atoms with van der Waals surface area (Å²) in [5, 5.41) is 18.0. The molecule has 43 heavy (non-hydrogen) atoms. The average molecular weight is 604 g/mol. The topological polar surface area (TPSA) is 118 Å². The number of benzene rings is 1. The molecule has 1 aliphatic rings. The predicted molar refractivity (Wildman–Crippen MR) is 172 cm³/mol. The van der Waals surface area contributed by atoms with Gasteiger partial charge in [0.1, 0.15) is 17.5 Å².